The van der Waals surface area contributed by atoms with Crippen molar-refractivity contribution >= 4 is 27.6 Å². The number of nitrogens with one attached hydrogen (secondary N) is 1. The van der Waals surface area contributed by atoms with Gasteiger partial charge in [-0.3, -0.25) is 4.79 Å². The van der Waals surface area contributed by atoms with Crippen molar-refractivity contribution in [2.45, 2.75) is 25.7 Å². The Morgan fingerprint density at radius 1 is 1.10 bits per heavy atom. The van der Waals surface area contributed by atoms with Crippen LogP contribution in [0, 0.1) is 12.7 Å². The average Bonchev–Trinajstić information content (AvgIpc) is 2.69. The molecule has 0 heterocycles. The lowest BCUT2D eigenvalue weighted by molar-refractivity contribution is -0.119. The zero-order chi connectivity index (χ0) is 21.6. The van der Waals surface area contributed by atoms with E-state index in [1.54, 1.807) is 20.8 Å². The molecule has 0 aliphatic heterocycles. The van der Waals surface area contributed by atoms with Crippen molar-refractivity contribution in [3.63, 3.8) is 0 Å². The topological polar surface area (TPSA) is 92.8 Å². The highest BCUT2D eigenvalue weighted by Crippen LogP contribution is 2.18. The van der Waals surface area contributed by atoms with Gasteiger partial charge in [0.15, 0.2) is 6.61 Å². The zero-order valence-corrected chi connectivity index (χ0v) is 17.3. The Morgan fingerprint density at radius 3 is 2.41 bits per heavy atom. The maximum Gasteiger partial charge on any atom is 0.338 e. The molecule has 2 rings (SSSR count). The highest BCUT2D eigenvalue weighted by Gasteiger charge is 2.23. The highest BCUT2D eigenvalue weighted by molar-refractivity contribution is 7.89. The summed E-state index contributed by atoms with van der Waals surface area (Å²) in [6.07, 6.45) is 0. The minimum absolute atomic E-state index is 0.00686. The molecule has 7 nitrogen and oxygen atoms in total. The third-order valence-corrected chi connectivity index (χ3v) is 6.25. The number of hydrogen-bond donors (Lipinski definition) is 1. The van der Waals surface area contributed by atoms with E-state index in [0.29, 0.717) is 18.7 Å². The van der Waals surface area contributed by atoms with Crippen molar-refractivity contribution in [1.82, 2.24) is 4.31 Å². The standard InChI is InChI=1S/C20H23FN2O5S/c1-4-23(5-2)29(26,27)17-8-6-7-15(11-17)20(25)28-13-19(24)22-16-10-9-14(3)18(21)12-16/h6-12H,4-5,13H2,1-3H3,(H,22,24). The smallest absolute Gasteiger partial charge is 0.338 e. The lowest BCUT2D eigenvalue weighted by atomic mass is 10.2. The largest absolute Gasteiger partial charge is 0.452 e. The van der Waals surface area contributed by atoms with E-state index in [1.165, 1.54) is 40.7 Å². The summed E-state index contributed by atoms with van der Waals surface area (Å²) in [5, 5.41) is 2.42. The molecule has 156 valence electrons. The first-order valence-electron chi connectivity index (χ1n) is 9.02. The van der Waals surface area contributed by atoms with Crippen molar-refractivity contribution in [1.29, 1.82) is 0 Å². The van der Waals surface area contributed by atoms with Gasteiger partial charge in [-0.15, -0.1) is 0 Å². The Balaban J connectivity index is 2.04. The molecular weight excluding hydrogens is 399 g/mol. The molecule has 2 aromatic carbocycles. The summed E-state index contributed by atoms with van der Waals surface area (Å²) in [7, 11) is -3.73. The van der Waals surface area contributed by atoms with E-state index in [2.05, 4.69) is 5.32 Å². The lowest BCUT2D eigenvalue weighted by Gasteiger charge is -2.18. The van der Waals surface area contributed by atoms with Crippen LogP contribution in [0.5, 0.6) is 0 Å². The summed E-state index contributed by atoms with van der Waals surface area (Å²) in [5.74, 6) is -1.95. The van der Waals surface area contributed by atoms with Crippen molar-refractivity contribution in [3.8, 4) is 0 Å². The molecule has 0 radical (unpaired) electrons. The Labute approximate surface area is 169 Å². The van der Waals surface area contributed by atoms with Gasteiger partial charge in [0.05, 0.1) is 10.5 Å². The average molecular weight is 422 g/mol. The van der Waals surface area contributed by atoms with E-state index in [-0.39, 0.29) is 16.1 Å². The molecule has 1 amide bonds. The Morgan fingerprint density at radius 2 is 1.79 bits per heavy atom. The minimum Gasteiger partial charge on any atom is -0.452 e. The van der Waals surface area contributed by atoms with E-state index in [9.17, 15) is 22.4 Å². The number of halogens is 1. The van der Waals surface area contributed by atoms with Gasteiger partial charge >= 0.3 is 5.97 Å². The number of anilines is 1. The van der Waals surface area contributed by atoms with Crippen molar-refractivity contribution in [2.24, 2.45) is 0 Å². The van der Waals surface area contributed by atoms with E-state index >= 15 is 0 Å². The molecule has 0 aliphatic rings. The van der Waals surface area contributed by atoms with Crippen LogP contribution in [0.15, 0.2) is 47.4 Å². The predicted octanol–water partition coefficient (Wildman–Crippen LogP) is 2.96. The first-order chi connectivity index (χ1) is 13.7. The Bertz CT molecular complexity index is 1000. The molecule has 0 fully saturated rings. The van der Waals surface area contributed by atoms with E-state index < -0.39 is 34.3 Å². The van der Waals surface area contributed by atoms with Crippen molar-refractivity contribution in [3.05, 3.63) is 59.4 Å². The summed E-state index contributed by atoms with van der Waals surface area (Å²) in [6, 6.07) is 9.64. The van der Waals surface area contributed by atoms with Gasteiger partial charge < -0.3 is 10.1 Å². The summed E-state index contributed by atoms with van der Waals surface area (Å²) < 4.78 is 44.9. The van der Waals surface area contributed by atoms with Gasteiger partial charge in [-0.25, -0.2) is 17.6 Å². The van der Waals surface area contributed by atoms with E-state index in [4.69, 9.17) is 4.74 Å². The molecule has 0 saturated carbocycles. The second-order valence-electron chi connectivity index (χ2n) is 6.21. The predicted molar refractivity (Wildman–Crippen MR) is 107 cm³/mol. The number of aryl methyl sites for hydroxylation is 1. The zero-order valence-electron chi connectivity index (χ0n) is 16.4. The van der Waals surface area contributed by atoms with Crippen LogP contribution in [0.25, 0.3) is 0 Å². The van der Waals surface area contributed by atoms with Crippen LogP contribution in [-0.2, 0) is 19.6 Å². The van der Waals surface area contributed by atoms with E-state index in [0.717, 1.165) is 6.07 Å². The molecule has 0 bridgehead atoms. The van der Waals surface area contributed by atoms with Crippen LogP contribution in [0.4, 0.5) is 10.1 Å². The molecule has 2 aromatic rings. The fourth-order valence-corrected chi connectivity index (χ4v) is 4.08. The van der Waals surface area contributed by atoms with Gasteiger partial charge in [-0.05, 0) is 42.8 Å². The Hall–Kier alpha value is -2.78. The Kier molecular flexibility index (Phi) is 7.46. The second-order valence-corrected chi connectivity index (χ2v) is 8.14. The molecule has 9 heteroatoms. The molecule has 0 spiro atoms. The second kappa shape index (κ2) is 9.62. The summed E-state index contributed by atoms with van der Waals surface area (Å²) in [6.45, 7) is 5.04. The maximum absolute atomic E-state index is 13.5. The fourth-order valence-electron chi connectivity index (χ4n) is 2.58. The number of hydrogen-bond acceptors (Lipinski definition) is 5. The molecule has 0 aliphatic carbocycles. The van der Waals surface area contributed by atoms with Crippen LogP contribution in [0.1, 0.15) is 29.8 Å². The number of nitrogens with zero attached hydrogens (tertiary/aromatic N) is 1. The van der Waals surface area contributed by atoms with Crippen LogP contribution in [-0.4, -0.2) is 44.3 Å². The normalized spacial score (nSPS) is 11.3. The van der Waals surface area contributed by atoms with Gasteiger partial charge in [0.25, 0.3) is 5.91 Å². The van der Waals surface area contributed by atoms with Gasteiger partial charge in [0, 0.05) is 18.8 Å². The van der Waals surface area contributed by atoms with Crippen LogP contribution in [0.3, 0.4) is 0 Å². The summed E-state index contributed by atoms with van der Waals surface area (Å²) in [4.78, 5) is 24.1. The monoisotopic (exact) mass is 422 g/mol. The van der Waals surface area contributed by atoms with Crippen LogP contribution < -0.4 is 5.32 Å². The lowest BCUT2D eigenvalue weighted by Crippen LogP contribution is -2.30. The molecule has 0 atom stereocenters. The molecule has 0 saturated heterocycles. The molecule has 0 unspecified atom stereocenters. The number of carbonyl (C=O) groups excluding carboxylic acids is 2. The number of ether oxygens (including phenoxy) is 1. The maximum atomic E-state index is 13.5. The van der Waals surface area contributed by atoms with Crippen LogP contribution >= 0.6 is 0 Å². The van der Waals surface area contributed by atoms with Crippen molar-refractivity contribution in [2.75, 3.05) is 25.0 Å². The molecule has 29 heavy (non-hydrogen) atoms. The molecular formula is C20H23FN2O5S. The number of rotatable bonds is 8. The fraction of sp³-hybridized carbons (Fsp3) is 0.300. The number of esters is 1. The first kappa shape index (κ1) is 22.5. The third-order valence-electron chi connectivity index (χ3n) is 4.20. The number of carbonyl (C=O) groups is 2. The molecule has 1 N–H and O–H groups in total. The minimum atomic E-state index is -3.73. The molecule has 0 aromatic heterocycles. The quantitative estimate of drug-likeness (QED) is 0.661. The van der Waals surface area contributed by atoms with Gasteiger partial charge in [-0.1, -0.05) is 26.0 Å². The third kappa shape index (κ3) is 5.61. The van der Waals surface area contributed by atoms with Crippen LogP contribution in [0.2, 0.25) is 0 Å². The summed E-state index contributed by atoms with van der Waals surface area (Å²) in [5.41, 5.74) is 0.683. The van der Waals surface area contributed by atoms with Gasteiger partial charge in [0.1, 0.15) is 5.82 Å². The number of amides is 1. The van der Waals surface area contributed by atoms with Gasteiger partial charge in [-0.2, -0.15) is 4.31 Å². The number of sulfonamides is 1. The van der Waals surface area contributed by atoms with E-state index in [1.807, 2.05) is 0 Å². The highest BCUT2D eigenvalue weighted by atomic mass is 32.2. The van der Waals surface area contributed by atoms with Crippen molar-refractivity contribution < 1.29 is 27.1 Å². The SMILES string of the molecule is CCN(CC)S(=O)(=O)c1cccc(C(=O)OCC(=O)Nc2ccc(C)c(F)c2)c1. The number of benzene rings is 2. The summed E-state index contributed by atoms with van der Waals surface area (Å²) >= 11 is 0. The first-order valence-corrected chi connectivity index (χ1v) is 10.5. The van der Waals surface area contributed by atoms with Gasteiger partial charge in [0.2, 0.25) is 10.0 Å².